The number of carbonyl (C=O) groups excluding carboxylic acids is 2. The minimum Gasteiger partial charge on any atom is -0.455 e. The van der Waals surface area contributed by atoms with E-state index in [0.29, 0.717) is 21.5 Å². The number of rotatable bonds is 6. The molecule has 0 unspecified atom stereocenters. The number of hydrogen-bond acceptors (Lipinski definition) is 8. The standard InChI is InChI=1S/C21H19ClN4O5S/c1-11-6-12(2)19(17(22)7-11)25(13(3)27)21-24-14(10-32-21)9-31-20(28)16-8-15(26(29)30)4-5-18(16)23/h4-8,10H,9,23H2,1-3H3. The molecule has 0 aliphatic heterocycles. The smallest absolute Gasteiger partial charge is 0.340 e. The number of nitrogens with two attached hydrogens (primary N) is 1. The molecule has 1 amide bonds. The van der Waals surface area contributed by atoms with E-state index in [1.165, 1.54) is 35.3 Å². The van der Waals surface area contributed by atoms with Gasteiger partial charge in [0.1, 0.15) is 6.61 Å². The number of carbonyl (C=O) groups is 2. The number of ether oxygens (including phenoxy) is 1. The molecule has 0 saturated carbocycles. The van der Waals surface area contributed by atoms with Crippen LogP contribution in [0.25, 0.3) is 0 Å². The highest BCUT2D eigenvalue weighted by molar-refractivity contribution is 7.14. The Kier molecular flexibility index (Phi) is 6.75. The van der Waals surface area contributed by atoms with Crippen molar-refractivity contribution in [1.29, 1.82) is 0 Å². The number of benzene rings is 2. The van der Waals surface area contributed by atoms with Gasteiger partial charge < -0.3 is 10.5 Å². The summed E-state index contributed by atoms with van der Waals surface area (Å²) in [6.45, 7) is 4.96. The van der Waals surface area contributed by atoms with E-state index in [4.69, 9.17) is 22.1 Å². The van der Waals surface area contributed by atoms with Gasteiger partial charge in [-0.25, -0.2) is 9.78 Å². The highest BCUT2D eigenvalue weighted by atomic mass is 35.5. The lowest BCUT2D eigenvalue weighted by Crippen LogP contribution is -2.24. The summed E-state index contributed by atoms with van der Waals surface area (Å²) in [5, 5.41) is 13.4. The molecule has 0 fully saturated rings. The summed E-state index contributed by atoms with van der Waals surface area (Å²) in [5.74, 6) is -1.09. The SMILES string of the molecule is CC(=O)N(c1nc(COC(=O)c2cc([N+](=O)[O-])ccc2N)cs1)c1c(C)cc(C)cc1Cl. The molecule has 3 aromatic rings. The molecular formula is C21H19ClN4O5S. The summed E-state index contributed by atoms with van der Waals surface area (Å²) < 4.78 is 5.23. The normalized spacial score (nSPS) is 10.6. The van der Waals surface area contributed by atoms with E-state index in [2.05, 4.69) is 4.98 Å². The van der Waals surface area contributed by atoms with Crippen LogP contribution >= 0.6 is 22.9 Å². The largest absolute Gasteiger partial charge is 0.455 e. The molecule has 0 spiro atoms. The Hall–Kier alpha value is -3.50. The molecule has 2 aromatic carbocycles. The van der Waals surface area contributed by atoms with Gasteiger partial charge in [0.15, 0.2) is 5.13 Å². The molecule has 3 rings (SSSR count). The van der Waals surface area contributed by atoms with Gasteiger partial charge in [-0.3, -0.25) is 19.8 Å². The lowest BCUT2D eigenvalue weighted by molar-refractivity contribution is -0.384. The van der Waals surface area contributed by atoms with Crippen LogP contribution in [0, 0.1) is 24.0 Å². The van der Waals surface area contributed by atoms with Crippen LogP contribution in [0.2, 0.25) is 5.02 Å². The van der Waals surface area contributed by atoms with Crippen molar-refractivity contribution in [3.63, 3.8) is 0 Å². The van der Waals surface area contributed by atoms with Gasteiger partial charge in [-0.2, -0.15) is 0 Å². The summed E-state index contributed by atoms with van der Waals surface area (Å²) in [7, 11) is 0. The Balaban J connectivity index is 1.81. The molecule has 2 N–H and O–H groups in total. The van der Waals surface area contributed by atoms with Gasteiger partial charge in [0.05, 0.1) is 26.9 Å². The van der Waals surface area contributed by atoms with Crippen molar-refractivity contribution in [2.24, 2.45) is 0 Å². The molecule has 0 aliphatic carbocycles. The number of thiazole rings is 1. The van der Waals surface area contributed by atoms with Crippen LogP contribution < -0.4 is 10.6 Å². The first-order chi connectivity index (χ1) is 15.1. The number of anilines is 3. The molecule has 1 aromatic heterocycles. The molecular weight excluding hydrogens is 456 g/mol. The van der Waals surface area contributed by atoms with Gasteiger partial charge in [0.2, 0.25) is 5.91 Å². The highest BCUT2D eigenvalue weighted by Gasteiger charge is 2.23. The first-order valence-electron chi connectivity index (χ1n) is 9.31. The van der Waals surface area contributed by atoms with Crippen LogP contribution in [-0.4, -0.2) is 21.8 Å². The van der Waals surface area contributed by atoms with Crippen molar-refractivity contribution < 1.29 is 19.2 Å². The summed E-state index contributed by atoms with van der Waals surface area (Å²) in [6.07, 6.45) is 0. The number of aromatic nitrogens is 1. The first kappa shape index (κ1) is 23.2. The average molecular weight is 475 g/mol. The first-order valence-corrected chi connectivity index (χ1v) is 10.6. The Labute approximate surface area is 192 Å². The molecule has 0 saturated heterocycles. The zero-order valence-corrected chi connectivity index (χ0v) is 19.0. The third kappa shape index (κ3) is 4.87. The van der Waals surface area contributed by atoms with Crippen molar-refractivity contribution in [3.8, 4) is 0 Å². The highest BCUT2D eigenvalue weighted by Crippen LogP contribution is 2.37. The van der Waals surface area contributed by atoms with Crippen LogP contribution in [0.1, 0.15) is 34.1 Å². The maximum atomic E-state index is 12.4. The summed E-state index contributed by atoms with van der Waals surface area (Å²) in [5.41, 5.74) is 8.14. The number of nitro groups is 1. The number of nitrogens with zero attached hydrogens (tertiary/aromatic N) is 3. The molecule has 166 valence electrons. The molecule has 0 aliphatic rings. The van der Waals surface area contributed by atoms with Crippen molar-refractivity contribution in [2.45, 2.75) is 27.4 Å². The number of esters is 1. The van der Waals surface area contributed by atoms with Crippen molar-refractivity contribution >= 4 is 57.0 Å². The van der Waals surface area contributed by atoms with E-state index in [0.717, 1.165) is 17.2 Å². The monoisotopic (exact) mass is 474 g/mol. The molecule has 32 heavy (non-hydrogen) atoms. The van der Waals surface area contributed by atoms with Crippen molar-refractivity contribution in [2.75, 3.05) is 10.6 Å². The average Bonchev–Trinajstić information content (AvgIpc) is 3.16. The molecule has 0 bridgehead atoms. The Bertz CT molecular complexity index is 1200. The summed E-state index contributed by atoms with van der Waals surface area (Å²) in [4.78, 5) is 40.9. The Morgan fingerprint density at radius 2 is 2.00 bits per heavy atom. The van der Waals surface area contributed by atoms with Crippen LogP contribution in [0.4, 0.5) is 22.2 Å². The van der Waals surface area contributed by atoms with Crippen molar-refractivity contribution in [3.05, 3.63) is 73.2 Å². The lowest BCUT2D eigenvalue weighted by Gasteiger charge is -2.22. The van der Waals surface area contributed by atoms with E-state index in [1.807, 2.05) is 19.9 Å². The van der Waals surface area contributed by atoms with Crippen LogP contribution in [0.15, 0.2) is 35.7 Å². The van der Waals surface area contributed by atoms with Crippen LogP contribution in [0.3, 0.4) is 0 Å². The van der Waals surface area contributed by atoms with Gasteiger partial charge in [0.25, 0.3) is 5.69 Å². The maximum Gasteiger partial charge on any atom is 0.340 e. The number of nitrogen functional groups attached to an aromatic ring is 1. The van der Waals surface area contributed by atoms with E-state index < -0.39 is 10.9 Å². The van der Waals surface area contributed by atoms with Gasteiger partial charge >= 0.3 is 5.97 Å². The fraction of sp³-hybridized carbons (Fsp3) is 0.190. The van der Waals surface area contributed by atoms with Gasteiger partial charge in [0, 0.05) is 30.1 Å². The molecule has 0 atom stereocenters. The summed E-state index contributed by atoms with van der Waals surface area (Å²) in [6, 6.07) is 7.21. The molecule has 0 radical (unpaired) electrons. The van der Waals surface area contributed by atoms with E-state index in [1.54, 1.807) is 11.4 Å². The van der Waals surface area contributed by atoms with E-state index >= 15 is 0 Å². The third-order valence-corrected chi connectivity index (χ3v) is 5.65. The van der Waals surface area contributed by atoms with E-state index in [9.17, 15) is 19.7 Å². The number of aryl methyl sites for hydroxylation is 2. The van der Waals surface area contributed by atoms with Crippen molar-refractivity contribution in [1.82, 2.24) is 4.98 Å². The fourth-order valence-electron chi connectivity index (χ4n) is 3.10. The second-order valence-electron chi connectivity index (χ2n) is 6.99. The predicted molar refractivity (Wildman–Crippen MR) is 122 cm³/mol. The quantitative estimate of drug-likeness (QED) is 0.231. The summed E-state index contributed by atoms with van der Waals surface area (Å²) >= 11 is 7.59. The van der Waals surface area contributed by atoms with Gasteiger partial charge in [-0.05, 0) is 37.1 Å². The minimum absolute atomic E-state index is 0.0619. The molecule has 9 nitrogen and oxygen atoms in total. The topological polar surface area (TPSA) is 129 Å². The van der Waals surface area contributed by atoms with E-state index in [-0.39, 0.29) is 29.5 Å². The van der Waals surface area contributed by atoms with Gasteiger partial charge in [-0.1, -0.05) is 17.7 Å². The number of halogens is 1. The van der Waals surface area contributed by atoms with Gasteiger partial charge in [-0.15, -0.1) is 11.3 Å². The van der Waals surface area contributed by atoms with Crippen LogP contribution in [0.5, 0.6) is 0 Å². The lowest BCUT2D eigenvalue weighted by atomic mass is 10.1. The number of non-ortho nitro benzene ring substituents is 1. The third-order valence-electron chi connectivity index (χ3n) is 4.49. The number of nitro benzene ring substituents is 1. The fourth-order valence-corrected chi connectivity index (χ4v) is 4.36. The zero-order chi connectivity index (χ0) is 23.6. The number of hydrogen-bond donors (Lipinski definition) is 1. The number of amides is 1. The Morgan fingerprint density at radius 1 is 1.28 bits per heavy atom. The molecule has 1 heterocycles. The molecule has 11 heteroatoms. The minimum atomic E-state index is -0.818. The maximum absolute atomic E-state index is 12.4. The predicted octanol–water partition coefficient (Wildman–Crippen LogP) is 4.95. The van der Waals surface area contributed by atoms with Crippen LogP contribution in [-0.2, 0) is 16.1 Å². The Morgan fingerprint density at radius 3 is 2.62 bits per heavy atom. The second kappa shape index (κ2) is 9.33. The zero-order valence-electron chi connectivity index (χ0n) is 17.4. The second-order valence-corrected chi connectivity index (χ2v) is 8.24.